The Morgan fingerprint density at radius 2 is 1.84 bits per heavy atom. The molecular formula is C20H16N4O5S2. The summed E-state index contributed by atoms with van der Waals surface area (Å²) in [5.41, 5.74) is 1.22. The highest BCUT2D eigenvalue weighted by molar-refractivity contribution is 7.98. The van der Waals surface area contributed by atoms with E-state index in [1.807, 2.05) is 10.8 Å². The number of imide groups is 1. The molecule has 2 aromatic carbocycles. The molecule has 0 saturated carbocycles. The number of aromatic nitrogens is 1. The second-order valence-electron chi connectivity index (χ2n) is 6.69. The standard InChI is InChI=1S/C20H16N4O5S2/c1-30-9-8-22-15-7-6-12(24(28)29)10-16(15)31-20(22)21-17(25)11-23-18(26)13-4-2-3-5-14(13)19(23)27/h2-7,10H,8-9,11H2,1H3. The average Bonchev–Trinajstić information content (AvgIpc) is 3.21. The number of benzene rings is 2. The summed E-state index contributed by atoms with van der Waals surface area (Å²) in [5.74, 6) is -0.936. The third kappa shape index (κ3) is 3.89. The van der Waals surface area contributed by atoms with E-state index in [9.17, 15) is 24.5 Å². The van der Waals surface area contributed by atoms with Crippen LogP contribution < -0.4 is 4.80 Å². The maximum absolute atomic E-state index is 12.7. The van der Waals surface area contributed by atoms with Crippen LogP contribution in [0.5, 0.6) is 0 Å². The maximum Gasteiger partial charge on any atom is 0.270 e. The quantitative estimate of drug-likeness (QED) is 0.320. The molecule has 0 spiro atoms. The van der Waals surface area contributed by atoms with Crippen molar-refractivity contribution in [3.8, 4) is 0 Å². The Labute approximate surface area is 184 Å². The van der Waals surface area contributed by atoms with Gasteiger partial charge in [0.1, 0.15) is 6.54 Å². The number of carbonyl (C=O) groups excluding carboxylic acids is 3. The van der Waals surface area contributed by atoms with Gasteiger partial charge in [-0.25, -0.2) is 0 Å². The first kappa shape index (κ1) is 20.9. The van der Waals surface area contributed by atoms with E-state index < -0.39 is 29.2 Å². The number of non-ortho nitro benzene ring substituents is 1. The number of carbonyl (C=O) groups is 3. The Hall–Kier alpha value is -3.31. The van der Waals surface area contributed by atoms with Gasteiger partial charge >= 0.3 is 0 Å². The number of hydrogen-bond acceptors (Lipinski definition) is 7. The van der Waals surface area contributed by atoms with E-state index in [0.717, 1.165) is 27.5 Å². The van der Waals surface area contributed by atoms with Crippen LogP contribution in [-0.4, -0.2) is 50.7 Å². The maximum atomic E-state index is 12.7. The minimum absolute atomic E-state index is 0.0466. The van der Waals surface area contributed by atoms with Crippen LogP contribution in [0.15, 0.2) is 47.5 Å². The molecule has 2 heterocycles. The highest BCUT2D eigenvalue weighted by Crippen LogP contribution is 2.24. The molecule has 4 rings (SSSR count). The molecule has 158 valence electrons. The van der Waals surface area contributed by atoms with Crippen molar-refractivity contribution in [2.45, 2.75) is 6.54 Å². The number of fused-ring (bicyclic) bond motifs is 2. The molecule has 3 amide bonds. The molecule has 31 heavy (non-hydrogen) atoms. The van der Waals surface area contributed by atoms with Crippen molar-refractivity contribution in [1.29, 1.82) is 0 Å². The fraction of sp³-hybridized carbons (Fsp3) is 0.200. The number of nitrogens with zero attached hydrogens (tertiary/aromatic N) is 4. The minimum atomic E-state index is -0.645. The van der Waals surface area contributed by atoms with Crippen molar-refractivity contribution in [1.82, 2.24) is 9.47 Å². The third-order valence-electron chi connectivity index (χ3n) is 4.79. The van der Waals surface area contributed by atoms with E-state index in [0.29, 0.717) is 16.0 Å². The van der Waals surface area contributed by atoms with E-state index >= 15 is 0 Å². The van der Waals surface area contributed by atoms with Gasteiger partial charge in [-0.3, -0.25) is 29.4 Å². The van der Waals surface area contributed by atoms with Crippen molar-refractivity contribution in [3.05, 3.63) is 68.5 Å². The normalized spacial score (nSPS) is 13.8. The van der Waals surface area contributed by atoms with E-state index in [1.165, 1.54) is 12.1 Å². The van der Waals surface area contributed by atoms with Crippen molar-refractivity contribution in [2.75, 3.05) is 18.6 Å². The zero-order valence-corrected chi connectivity index (χ0v) is 17.9. The molecule has 0 saturated heterocycles. The van der Waals surface area contributed by atoms with Crippen LogP contribution in [0.4, 0.5) is 5.69 Å². The van der Waals surface area contributed by atoms with Gasteiger partial charge in [-0.2, -0.15) is 16.8 Å². The largest absolute Gasteiger partial charge is 0.316 e. The molecular weight excluding hydrogens is 440 g/mol. The van der Waals surface area contributed by atoms with Gasteiger partial charge in [0.25, 0.3) is 23.4 Å². The Bertz CT molecular complexity index is 1280. The van der Waals surface area contributed by atoms with Crippen LogP contribution in [0, 0.1) is 10.1 Å². The smallest absolute Gasteiger partial charge is 0.270 e. The minimum Gasteiger partial charge on any atom is -0.316 e. The van der Waals surface area contributed by atoms with Gasteiger partial charge in [0.05, 0.1) is 26.3 Å². The first-order chi connectivity index (χ1) is 14.9. The number of rotatable bonds is 6. The molecule has 0 N–H and O–H groups in total. The van der Waals surface area contributed by atoms with Gasteiger partial charge in [-0.15, -0.1) is 0 Å². The summed E-state index contributed by atoms with van der Waals surface area (Å²) >= 11 is 2.77. The number of nitro benzene ring substituents is 1. The van der Waals surface area contributed by atoms with E-state index in [4.69, 9.17) is 0 Å². The summed E-state index contributed by atoms with van der Waals surface area (Å²) in [6.45, 7) is 0.0847. The molecule has 3 aromatic rings. The molecule has 0 atom stereocenters. The first-order valence-corrected chi connectivity index (χ1v) is 11.4. The number of nitro groups is 1. The van der Waals surface area contributed by atoms with Crippen molar-refractivity contribution < 1.29 is 19.3 Å². The number of thiazole rings is 1. The molecule has 0 unspecified atom stereocenters. The van der Waals surface area contributed by atoms with E-state index in [-0.39, 0.29) is 16.8 Å². The zero-order chi connectivity index (χ0) is 22.1. The summed E-state index contributed by atoms with van der Waals surface area (Å²) in [7, 11) is 0. The fourth-order valence-electron chi connectivity index (χ4n) is 3.32. The lowest BCUT2D eigenvalue weighted by Gasteiger charge is -2.10. The van der Waals surface area contributed by atoms with Crippen molar-refractivity contribution >= 4 is 56.7 Å². The topological polar surface area (TPSA) is 115 Å². The monoisotopic (exact) mass is 456 g/mol. The first-order valence-electron chi connectivity index (χ1n) is 9.20. The number of aryl methyl sites for hydroxylation is 1. The van der Waals surface area contributed by atoms with E-state index in [1.54, 1.807) is 42.1 Å². The summed E-state index contributed by atoms with van der Waals surface area (Å²) in [6, 6.07) is 10.9. The molecule has 1 aromatic heterocycles. The number of hydrogen-bond donors (Lipinski definition) is 0. The van der Waals surface area contributed by atoms with Crippen molar-refractivity contribution in [3.63, 3.8) is 0 Å². The second kappa shape index (κ2) is 8.44. The predicted molar refractivity (Wildman–Crippen MR) is 117 cm³/mol. The van der Waals surface area contributed by atoms with Crippen LogP contribution in [0.3, 0.4) is 0 Å². The predicted octanol–water partition coefficient (Wildman–Crippen LogP) is 2.70. The lowest BCUT2D eigenvalue weighted by molar-refractivity contribution is -0.384. The van der Waals surface area contributed by atoms with Crippen LogP contribution >= 0.6 is 23.1 Å². The second-order valence-corrected chi connectivity index (χ2v) is 8.68. The van der Waals surface area contributed by atoms with Gasteiger partial charge in [0, 0.05) is 24.4 Å². The van der Waals surface area contributed by atoms with E-state index in [2.05, 4.69) is 4.99 Å². The SMILES string of the molecule is CSCCn1c(=NC(=O)CN2C(=O)c3ccccc3C2=O)sc2cc([N+](=O)[O-])ccc21. The molecule has 0 aliphatic carbocycles. The molecule has 1 aliphatic heterocycles. The third-order valence-corrected chi connectivity index (χ3v) is 6.42. The summed E-state index contributed by atoms with van der Waals surface area (Å²) in [6.07, 6.45) is 1.95. The van der Waals surface area contributed by atoms with Gasteiger partial charge in [-0.05, 0) is 24.5 Å². The van der Waals surface area contributed by atoms with Gasteiger partial charge in [0.15, 0.2) is 4.80 Å². The fourth-order valence-corrected chi connectivity index (χ4v) is 4.79. The summed E-state index contributed by atoms with van der Waals surface area (Å²) in [4.78, 5) is 53.6. The number of thioether (sulfide) groups is 1. The zero-order valence-electron chi connectivity index (χ0n) is 16.3. The average molecular weight is 457 g/mol. The van der Waals surface area contributed by atoms with Crippen LogP contribution in [0.2, 0.25) is 0 Å². The van der Waals surface area contributed by atoms with Crippen molar-refractivity contribution in [2.24, 2.45) is 4.99 Å². The Kier molecular flexibility index (Phi) is 5.70. The highest BCUT2D eigenvalue weighted by atomic mass is 32.2. The van der Waals surface area contributed by atoms with Crippen LogP contribution in [0.25, 0.3) is 10.2 Å². The number of amides is 3. The van der Waals surface area contributed by atoms with Gasteiger partial charge in [0.2, 0.25) is 0 Å². The molecule has 11 heteroatoms. The lowest BCUT2D eigenvalue weighted by atomic mass is 10.1. The Morgan fingerprint density at radius 3 is 2.45 bits per heavy atom. The highest BCUT2D eigenvalue weighted by Gasteiger charge is 2.36. The lowest BCUT2D eigenvalue weighted by Crippen LogP contribution is -2.35. The van der Waals surface area contributed by atoms with Crippen LogP contribution in [-0.2, 0) is 11.3 Å². The molecule has 0 fully saturated rings. The Balaban J connectivity index is 1.68. The van der Waals surface area contributed by atoms with Gasteiger partial charge < -0.3 is 4.57 Å². The molecule has 9 nitrogen and oxygen atoms in total. The van der Waals surface area contributed by atoms with Crippen LogP contribution in [0.1, 0.15) is 20.7 Å². The molecule has 0 bridgehead atoms. The van der Waals surface area contributed by atoms with Gasteiger partial charge in [-0.1, -0.05) is 23.5 Å². The summed E-state index contributed by atoms with van der Waals surface area (Å²) in [5, 5.41) is 11.1. The molecule has 0 radical (unpaired) electrons. The summed E-state index contributed by atoms with van der Waals surface area (Å²) < 4.78 is 2.45. The molecule has 1 aliphatic rings. The Morgan fingerprint density at radius 1 is 1.16 bits per heavy atom.